The van der Waals surface area contributed by atoms with Gasteiger partial charge in [0, 0.05) is 6.54 Å². The number of hydrogen-bond acceptors (Lipinski definition) is 6. The quantitative estimate of drug-likeness (QED) is 0.267. The van der Waals surface area contributed by atoms with E-state index in [2.05, 4.69) is 17.4 Å². The molecule has 0 saturated carbocycles. The minimum absolute atomic E-state index is 0.122. The summed E-state index contributed by atoms with van der Waals surface area (Å²) in [5.41, 5.74) is 7.32. The van der Waals surface area contributed by atoms with Crippen LogP contribution in [0.1, 0.15) is 29.3 Å². The van der Waals surface area contributed by atoms with Gasteiger partial charge in [-0.05, 0) is 48.9 Å². The third-order valence-electron chi connectivity index (χ3n) is 5.34. The molecule has 2 amide bonds. The summed E-state index contributed by atoms with van der Waals surface area (Å²) in [7, 11) is 0. The molecular formula is C25H24N4O3S2. The molecule has 3 N–H and O–H groups in total. The molecule has 0 aliphatic carbocycles. The SMILES string of the molecule is CC(Sc1nc2ccccc2c(=O)n1CCCc1ccccc1)C(=O)Nc1sccc1C(N)=O. The first-order chi connectivity index (χ1) is 16.4. The Morgan fingerprint density at radius 1 is 1.12 bits per heavy atom. The summed E-state index contributed by atoms with van der Waals surface area (Å²) in [6, 6.07) is 18.9. The Hall–Kier alpha value is -3.43. The van der Waals surface area contributed by atoms with Gasteiger partial charge < -0.3 is 11.1 Å². The lowest BCUT2D eigenvalue weighted by Crippen LogP contribution is -2.27. The van der Waals surface area contributed by atoms with Crippen molar-refractivity contribution < 1.29 is 9.59 Å². The van der Waals surface area contributed by atoms with Gasteiger partial charge in [-0.1, -0.05) is 54.2 Å². The number of aryl methyl sites for hydroxylation is 1. The molecule has 0 radical (unpaired) electrons. The second-order valence-corrected chi connectivity index (χ2v) is 9.96. The normalized spacial score (nSPS) is 11.9. The molecule has 0 spiro atoms. The zero-order valence-corrected chi connectivity index (χ0v) is 20.2. The van der Waals surface area contributed by atoms with E-state index in [1.165, 1.54) is 28.7 Å². The molecule has 0 saturated heterocycles. The highest BCUT2D eigenvalue weighted by atomic mass is 32.2. The number of benzene rings is 2. The van der Waals surface area contributed by atoms with Crippen molar-refractivity contribution in [1.29, 1.82) is 0 Å². The molecule has 1 unspecified atom stereocenters. The van der Waals surface area contributed by atoms with Crippen LogP contribution in [0.2, 0.25) is 0 Å². The lowest BCUT2D eigenvalue weighted by Gasteiger charge is -2.16. The lowest BCUT2D eigenvalue weighted by atomic mass is 10.1. The highest BCUT2D eigenvalue weighted by molar-refractivity contribution is 8.00. The molecule has 0 bridgehead atoms. The van der Waals surface area contributed by atoms with Gasteiger partial charge in [0.1, 0.15) is 5.00 Å². The van der Waals surface area contributed by atoms with Gasteiger partial charge in [-0.15, -0.1) is 11.3 Å². The number of hydrogen-bond donors (Lipinski definition) is 2. The van der Waals surface area contributed by atoms with Crippen LogP contribution in [-0.2, 0) is 17.8 Å². The molecule has 2 aromatic heterocycles. The van der Waals surface area contributed by atoms with Crippen LogP contribution >= 0.6 is 23.1 Å². The number of anilines is 1. The predicted molar refractivity (Wildman–Crippen MR) is 138 cm³/mol. The zero-order valence-electron chi connectivity index (χ0n) is 18.6. The van der Waals surface area contributed by atoms with Gasteiger partial charge >= 0.3 is 0 Å². The largest absolute Gasteiger partial charge is 0.366 e. The monoisotopic (exact) mass is 492 g/mol. The van der Waals surface area contributed by atoms with Gasteiger partial charge in [-0.25, -0.2) is 4.98 Å². The van der Waals surface area contributed by atoms with Crippen molar-refractivity contribution in [3.8, 4) is 0 Å². The Morgan fingerprint density at radius 3 is 2.62 bits per heavy atom. The van der Waals surface area contributed by atoms with Crippen LogP contribution in [0, 0.1) is 0 Å². The van der Waals surface area contributed by atoms with Crippen molar-refractivity contribution in [1.82, 2.24) is 9.55 Å². The van der Waals surface area contributed by atoms with Crippen molar-refractivity contribution >= 4 is 50.8 Å². The third-order valence-corrected chi connectivity index (χ3v) is 7.26. The number of primary amides is 1. The molecule has 7 nitrogen and oxygen atoms in total. The second-order valence-electron chi connectivity index (χ2n) is 7.73. The summed E-state index contributed by atoms with van der Waals surface area (Å²) in [5, 5.41) is 5.36. The van der Waals surface area contributed by atoms with Crippen molar-refractivity contribution in [3.63, 3.8) is 0 Å². The molecule has 2 heterocycles. The standard InChI is InChI=1S/C25H24N4O3S2/c1-16(22(31)28-23-19(21(26)30)13-15-33-23)34-25-27-20-12-6-5-11-18(20)24(32)29(25)14-7-10-17-8-3-2-4-9-17/h2-6,8-9,11-13,15-16H,7,10,14H2,1H3,(H2,26,30)(H,28,31). The third kappa shape index (κ3) is 5.37. The summed E-state index contributed by atoms with van der Waals surface area (Å²) < 4.78 is 1.65. The van der Waals surface area contributed by atoms with Crippen molar-refractivity contribution in [2.24, 2.45) is 5.73 Å². The predicted octanol–water partition coefficient (Wildman–Crippen LogP) is 4.31. The minimum Gasteiger partial charge on any atom is -0.366 e. The molecule has 1 atom stereocenters. The number of amides is 2. The highest BCUT2D eigenvalue weighted by Crippen LogP contribution is 2.27. The Morgan fingerprint density at radius 2 is 1.85 bits per heavy atom. The number of nitrogens with zero attached hydrogens (tertiary/aromatic N) is 2. The second kappa shape index (κ2) is 10.7. The fourth-order valence-electron chi connectivity index (χ4n) is 3.55. The Labute approximate surface area is 205 Å². The van der Waals surface area contributed by atoms with Crippen LogP contribution in [0.4, 0.5) is 5.00 Å². The van der Waals surface area contributed by atoms with Crippen LogP contribution in [-0.4, -0.2) is 26.6 Å². The zero-order chi connectivity index (χ0) is 24.1. The number of thioether (sulfide) groups is 1. The summed E-state index contributed by atoms with van der Waals surface area (Å²) in [4.78, 5) is 42.4. The van der Waals surface area contributed by atoms with Crippen molar-refractivity contribution in [2.45, 2.75) is 36.7 Å². The number of nitrogens with two attached hydrogens (primary N) is 1. The van der Waals surface area contributed by atoms with Crippen LogP contribution in [0.15, 0.2) is 76.0 Å². The Balaban J connectivity index is 1.56. The van der Waals surface area contributed by atoms with Gasteiger partial charge in [0.05, 0.1) is 21.7 Å². The van der Waals surface area contributed by atoms with Gasteiger partial charge in [-0.2, -0.15) is 0 Å². The Bertz CT molecular complexity index is 1380. The molecule has 0 aliphatic heterocycles. The number of para-hydroxylation sites is 1. The van der Waals surface area contributed by atoms with Crippen LogP contribution in [0.25, 0.3) is 10.9 Å². The van der Waals surface area contributed by atoms with E-state index in [0.717, 1.165) is 12.8 Å². The van der Waals surface area contributed by atoms with Crippen LogP contribution in [0.5, 0.6) is 0 Å². The van der Waals surface area contributed by atoms with E-state index in [0.29, 0.717) is 27.6 Å². The number of nitrogens with one attached hydrogen (secondary N) is 1. The number of aromatic nitrogens is 2. The summed E-state index contributed by atoms with van der Waals surface area (Å²) in [6.07, 6.45) is 1.59. The van der Waals surface area contributed by atoms with Crippen LogP contribution in [0.3, 0.4) is 0 Å². The van der Waals surface area contributed by atoms with E-state index in [-0.39, 0.29) is 17.0 Å². The van der Waals surface area contributed by atoms with Gasteiger partial charge in [0.25, 0.3) is 11.5 Å². The molecular weight excluding hydrogens is 468 g/mol. The number of carbonyl (C=O) groups is 2. The first-order valence-corrected chi connectivity index (χ1v) is 12.6. The maximum Gasteiger partial charge on any atom is 0.262 e. The van der Waals surface area contributed by atoms with E-state index >= 15 is 0 Å². The molecule has 9 heteroatoms. The minimum atomic E-state index is -0.597. The molecule has 0 fully saturated rings. The molecule has 174 valence electrons. The molecule has 2 aromatic carbocycles. The first-order valence-electron chi connectivity index (χ1n) is 10.8. The molecule has 0 aliphatic rings. The number of fused-ring (bicyclic) bond motifs is 1. The van der Waals surface area contributed by atoms with E-state index in [9.17, 15) is 14.4 Å². The van der Waals surface area contributed by atoms with E-state index < -0.39 is 11.2 Å². The van der Waals surface area contributed by atoms with Gasteiger partial charge in [0.2, 0.25) is 5.91 Å². The van der Waals surface area contributed by atoms with Crippen molar-refractivity contribution in [3.05, 3.63) is 87.5 Å². The summed E-state index contributed by atoms with van der Waals surface area (Å²) in [6.45, 7) is 2.23. The van der Waals surface area contributed by atoms with Gasteiger partial charge in [-0.3, -0.25) is 19.0 Å². The molecule has 4 aromatic rings. The molecule has 34 heavy (non-hydrogen) atoms. The maximum atomic E-state index is 13.3. The van der Waals surface area contributed by atoms with E-state index in [1.807, 2.05) is 30.3 Å². The average Bonchev–Trinajstić information content (AvgIpc) is 3.30. The van der Waals surface area contributed by atoms with Crippen LogP contribution < -0.4 is 16.6 Å². The first kappa shape index (κ1) is 23.7. The highest BCUT2D eigenvalue weighted by Gasteiger charge is 2.21. The van der Waals surface area contributed by atoms with Crippen molar-refractivity contribution in [2.75, 3.05) is 5.32 Å². The maximum absolute atomic E-state index is 13.3. The van der Waals surface area contributed by atoms with E-state index in [4.69, 9.17) is 10.7 Å². The number of carbonyl (C=O) groups excluding carboxylic acids is 2. The fraction of sp³-hybridized carbons (Fsp3) is 0.200. The van der Waals surface area contributed by atoms with Gasteiger partial charge in [0.15, 0.2) is 5.16 Å². The fourth-order valence-corrected chi connectivity index (χ4v) is 5.28. The lowest BCUT2D eigenvalue weighted by molar-refractivity contribution is -0.115. The smallest absolute Gasteiger partial charge is 0.262 e. The number of thiophene rings is 1. The summed E-state index contributed by atoms with van der Waals surface area (Å²) in [5.74, 6) is -0.895. The summed E-state index contributed by atoms with van der Waals surface area (Å²) >= 11 is 2.45. The van der Waals surface area contributed by atoms with E-state index in [1.54, 1.807) is 35.1 Å². The molecule has 4 rings (SSSR count). The number of rotatable bonds is 9. The average molecular weight is 493 g/mol. The topological polar surface area (TPSA) is 107 Å². The Kier molecular flexibility index (Phi) is 7.44.